The van der Waals surface area contributed by atoms with Gasteiger partial charge in [0.1, 0.15) is 12.6 Å². The lowest BCUT2D eigenvalue weighted by atomic mass is 10.0. The molecule has 0 aliphatic carbocycles. The largest absolute Gasteiger partial charge is 0.350 e. The highest BCUT2D eigenvalue weighted by atomic mass is 79.9. The number of sulfonamides is 1. The number of anilines is 1. The molecule has 0 spiro atoms. The lowest BCUT2D eigenvalue weighted by molar-refractivity contribution is -0.140. The molecule has 0 fully saturated rings. The number of nitrogens with zero attached hydrogens (tertiary/aromatic N) is 2. The molecular formula is C35H38BrN3O4S. The van der Waals surface area contributed by atoms with E-state index in [1.165, 1.54) is 17.0 Å². The number of hydrogen-bond donors (Lipinski definition) is 1. The first kappa shape index (κ1) is 33.0. The summed E-state index contributed by atoms with van der Waals surface area (Å²) >= 11 is 3.51. The van der Waals surface area contributed by atoms with Crippen LogP contribution in [0.15, 0.2) is 119 Å². The lowest BCUT2D eigenvalue weighted by Crippen LogP contribution is -2.56. The molecule has 4 aromatic carbocycles. The van der Waals surface area contributed by atoms with E-state index in [0.717, 1.165) is 25.5 Å². The first-order valence-corrected chi connectivity index (χ1v) is 16.6. The molecule has 4 aromatic rings. The molecule has 1 N–H and O–H groups in total. The fourth-order valence-electron chi connectivity index (χ4n) is 4.80. The number of amides is 2. The van der Waals surface area contributed by atoms with E-state index in [9.17, 15) is 18.0 Å². The maximum atomic E-state index is 14.5. The zero-order chi connectivity index (χ0) is 31.9. The molecular weight excluding hydrogens is 638 g/mol. The van der Waals surface area contributed by atoms with Crippen molar-refractivity contribution in [2.24, 2.45) is 0 Å². The van der Waals surface area contributed by atoms with Gasteiger partial charge in [-0.1, -0.05) is 94.3 Å². The van der Waals surface area contributed by atoms with Crippen LogP contribution >= 0.6 is 15.9 Å². The maximum Gasteiger partial charge on any atom is 0.264 e. The summed E-state index contributed by atoms with van der Waals surface area (Å²) in [6.07, 6.45) is 0.248. The molecule has 1 atom stereocenters. The number of hydrogen-bond acceptors (Lipinski definition) is 4. The van der Waals surface area contributed by atoms with E-state index < -0.39 is 34.1 Å². The van der Waals surface area contributed by atoms with Crippen LogP contribution in [0, 0.1) is 6.92 Å². The van der Waals surface area contributed by atoms with Crippen LogP contribution in [-0.4, -0.2) is 43.3 Å². The van der Waals surface area contributed by atoms with Gasteiger partial charge in [0.25, 0.3) is 10.0 Å². The molecule has 0 aromatic heterocycles. The second-order valence-corrected chi connectivity index (χ2v) is 14.5. The van der Waals surface area contributed by atoms with Crippen LogP contribution in [0.25, 0.3) is 0 Å². The number of carbonyl (C=O) groups is 2. The van der Waals surface area contributed by atoms with E-state index in [4.69, 9.17) is 0 Å². The van der Waals surface area contributed by atoms with E-state index in [0.29, 0.717) is 5.69 Å². The van der Waals surface area contributed by atoms with Gasteiger partial charge in [-0.2, -0.15) is 0 Å². The molecule has 4 rings (SSSR count). The molecule has 0 radical (unpaired) electrons. The molecule has 2 amide bonds. The van der Waals surface area contributed by atoms with Crippen LogP contribution in [-0.2, 0) is 32.6 Å². The van der Waals surface area contributed by atoms with E-state index in [1.807, 2.05) is 94.4 Å². The Hall–Kier alpha value is -3.95. The summed E-state index contributed by atoms with van der Waals surface area (Å²) in [6, 6.07) is 31.1. The summed E-state index contributed by atoms with van der Waals surface area (Å²) in [5.74, 6) is -0.826. The first-order valence-electron chi connectivity index (χ1n) is 14.4. The Morgan fingerprint density at radius 1 is 0.818 bits per heavy atom. The highest BCUT2D eigenvalue weighted by molar-refractivity contribution is 9.10. The van der Waals surface area contributed by atoms with Gasteiger partial charge in [0.05, 0.1) is 10.6 Å². The van der Waals surface area contributed by atoms with Crippen molar-refractivity contribution in [2.75, 3.05) is 10.8 Å². The van der Waals surface area contributed by atoms with Crippen LogP contribution in [0.4, 0.5) is 5.69 Å². The topological polar surface area (TPSA) is 86.8 Å². The first-order chi connectivity index (χ1) is 20.8. The molecule has 0 aliphatic heterocycles. The summed E-state index contributed by atoms with van der Waals surface area (Å²) in [7, 11) is -4.13. The van der Waals surface area contributed by atoms with Crippen molar-refractivity contribution in [1.29, 1.82) is 0 Å². The molecule has 0 aliphatic rings. The van der Waals surface area contributed by atoms with Gasteiger partial charge in [-0.15, -0.1) is 0 Å². The van der Waals surface area contributed by atoms with Crippen molar-refractivity contribution in [2.45, 2.75) is 57.1 Å². The highest BCUT2D eigenvalue weighted by Crippen LogP contribution is 2.26. The Bertz CT molecular complexity index is 1670. The molecule has 230 valence electrons. The monoisotopic (exact) mass is 675 g/mol. The number of benzene rings is 4. The van der Waals surface area contributed by atoms with Gasteiger partial charge in [0, 0.05) is 23.0 Å². The Morgan fingerprint density at radius 3 is 2.00 bits per heavy atom. The number of aryl methyl sites for hydroxylation is 1. The Balaban J connectivity index is 1.81. The zero-order valence-electron chi connectivity index (χ0n) is 25.4. The fourth-order valence-corrected chi connectivity index (χ4v) is 6.68. The molecule has 44 heavy (non-hydrogen) atoms. The van der Waals surface area contributed by atoms with Crippen molar-refractivity contribution in [3.63, 3.8) is 0 Å². The Kier molecular flexibility index (Phi) is 10.7. The van der Waals surface area contributed by atoms with Gasteiger partial charge < -0.3 is 10.2 Å². The molecule has 7 nitrogen and oxygen atoms in total. The van der Waals surface area contributed by atoms with E-state index in [-0.39, 0.29) is 23.8 Å². The standard InChI is InChI=1S/C35H38BrN3O4S/c1-26-18-20-30(21-19-26)39(44(42,43)31-16-9-6-10-17-31)25-33(40)38(24-28-14-11-15-29(36)22-28)32(34(41)37-35(2,3)4)23-27-12-7-5-8-13-27/h5-22,32H,23-25H2,1-4H3,(H,37,41)/t32-/m1/s1. The van der Waals surface area contributed by atoms with Gasteiger partial charge in [0.15, 0.2) is 0 Å². The third-order valence-corrected chi connectivity index (χ3v) is 9.22. The van der Waals surface area contributed by atoms with Gasteiger partial charge >= 0.3 is 0 Å². The SMILES string of the molecule is Cc1ccc(N(CC(=O)N(Cc2cccc(Br)c2)[C@H](Cc2ccccc2)C(=O)NC(C)(C)C)S(=O)(=O)c2ccccc2)cc1. The van der Waals surface area contributed by atoms with E-state index in [1.54, 1.807) is 30.3 Å². The number of carbonyl (C=O) groups excluding carboxylic acids is 2. The average molecular weight is 677 g/mol. The maximum absolute atomic E-state index is 14.5. The summed E-state index contributed by atoms with van der Waals surface area (Å²) in [5, 5.41) is 3.05. The third kappa shape index (κ3) is 8.80. The van der Waals surface area contributed by atoms with Crippen LogP contribution in [0.5, 0.6) is 0 Å². The minimum Gasteiger partial charge on any atom is -0.350 e. The normalized spacial score (nSPS) is 12.3. The molecule has 0 heterocycles. The van der Waals surface area contributed by atoms with Crippen LogP contribution in [0.1, 0.15) is 37.5 Å². The van der Waals surface area contributed by atoms with Gasteiger partial charge in [-0.3, -0.25) is 13.9 Å². The van der Waals surface area contributed by atoms with Crippen molar-refractivity contribution in [3.05, 3.63) is 130 Å². The van der Waals surface area contributed by atoms with Gasteiger partial charge in [0.2, 0.25) is 11.8 Å². The Morgan fingerprint density at radius 2 is 1.41 bits per heavy atom. The zero-order valence-corrected chi connectivity index (χ0v) is 27.8. The molecule has 0 saturated heterocycles. The smallest absolute Gasteiger partial charge is 0.264 e. The number of rotatable bonds is 11. The summed E-state index contributed by atoms with van der Waals surface area (Å²) in [5.41, 5.74) is 2.42. The van der Waals surface area contributed by atoms with Crippen LogP contribution in [0.2, 0.25) is 0 Å². The summed E-state index contributed by atoms with van der Waals surface area (Å²) < 4.78 is 30.0. The molecule has 0 saturated carbocycles. The summed E-state index contributed by atoms with van der Waals surface area (Å²) in [4.78, 5) is 30.0. The average Bonchev–Trinajstić information content (AvgIpc) is 2.98. The fraction of sp³-hybridized carbons (Fsp3) is 0.257. The van der Waals surface area contributed by atoms with Gasteiger partial charge in [-0.05, 0) is 75.2 Å². The van der Waals surface area contributed by atoms with E-state index >= 15 is 0 Å². The molecule has 0 unspecified atom stereocenters. The predicted molar refractivity (Wildman–Crippen MR) is 179 cm³/mol. The second kappa shape index (κ2) is 14.2. The lowest BCUT2D eigenvalue weighted by Gasteiger charge is -2.35. The quantitative estimate of drug-likeness (QED) is 0.196. The number of halogens is 1. The van der Waals surface area contributed by atoms with Crippen molar-refractivity contribution in [1.82, 2.24) is 10.2 Å². The molecule has 0 bridgehead atoms. The minimum atomic E-state index is -4.13. The summed E-state index contributed by atoms with van der Waals surface area (Å²) in [6.45, 7) is 7.17. The van der Waals surface area contributed by atoms with E-state index in [2.05, 4.69) is 21.2 Å². The third-order valence-electron chi connectivity index (χ3n) is 6.94. The molecule has 9 heteroatoms. The predicted octanol–water partition coefficient (Wildman–Crippen LogP) is 6.51. The van der Waals surface area contributed by atoms with Gasteiger partial charge in [-0.25, -0.2) is 8.42 Å². The number of nitrogens with one attached hydrogen (secondary N) is 1. The van der Waals surface area contributed by atoms with Crippen molar-refractivity contribution >= 4 is 43.5 Å². The highest BCUT2D eigenvalue weighted by Gasteiger charge is 2.35. The second-order valence-electron chi connectivity index (χ2n) is 11.8. The van der Waals surface area contributed by atoms with Crippen molar-refractivity contribution in [3.8, 4) is 0 Å². The van der Waals surface area contributed by atoms with Crippen LogP contribution in [0.3, 0.4) is 0 Å². The van der Waals surface area contributed by atoms with Crippen LogP contribution < -0.4 is 9.62 Å². The Labute approximate surface area is 269 Å². The minimum absolute atomic E-state index is 0.0678. The van der Waals surface area contributed by atoms with Crippen molar-refractivity contribution < 1.29 is 18.0 Å².